The van der Waals surface area contributed by atoms with Crippen LogP contribution in [0.25, 0.3) is 0 Å². The van der Waals surface area contributed by atoms with Crippen LogP contribution >= 0.6 is 23.2 Å². The second-order valence-corrected chi connectivity index (χ2v) is 9.95. The third-order valence-corrected chi connectivity index (χ3v) is 7.73. The number of benzene rings is 2. The first-order valence-electron chi connectivity index (χ1n) is 12.4. The summed E-state index contributed by atoms with van der Waals surface area (Å²) in [6, 6.07) is 15.3. The van der Waals surface area contributed by atoms with E-state index in [-0.39, 0.29) is 19.9 Å². The minimum absolute atomic E-state index is 0.265. The number of nitrogens with one attached hydrogen (secondary N) is 2. The maximum atomic E-state index is 12.4. The molecule has 6 N–H and O–H groups in total. The van der Waals surface area contributed by atoms with Crippen molar-refractivity contribution in [1.29, 1.82) is 0 Å². The van der Waals surface area contributed by atoms with Gasteiger partial charge in [-0.3, -0.25) is 25.5 Å². The van der Waals surface area contributed by atoms with Crippen LogP contribution in [0.4, 0.5) is 0 Å². The molecule has 0 radical (unpaired) electrons. The van der Waals surface area contributed by atoms with Crippen LogP contribution in [0.1, 0.15) is 25.0 Å². The summed E-state index contributed by atoms with van der Waals surface area (Å²) in [6.45, 7) is 9.68. The van der Waals surface area contributed by atoms with E-state index in [0.717, 1.165) is 40.3 Å². The molecule has 0 spiro atoms. The second kappa shape index (κ2) is 14.5. The van der Waals surface area contributed by atoms with Gasteiger partial charge in [-0.05, 0) is 26.0 Å². The molecule has 0 bridgehead atoms. The number of halogens is 2. The number of rotatable bonds is 14. The Labute approximate surface area is 224 Å². The summed E-state index contributed by atoms with van der Waals surface area (Å²) in [4.78, 5) is 24.8. The highest BCUT2D eigenvalue weighted by Crippen LogP contribution is 2.22. The Balaban J connectivity index is 1.86. The van der Waals surface area contributed by atoms with Gasteiger partial charge in [0.05, 0.1) is 39.3 Å². The molecule has 0 saturated carbocycles. The van der Waals surface area contributed by atoms with E-state index in [4.69, 9.17) is 34.7 Å². The molecule has 0 heterocycles. The van der Waals surface area contributed by atoms with Crippen molar-refractivity contribution in [2.75, 3.05) is 52.6 Å². The minimum Gasteiger partial charge on any atom is -0.342 e. The fourth-order valence-corrected chi connectivity index (χ4v) is 4.65. The highest BCUT2D eigenvalue weighted by Gasteiger charge is 2.27. The van der Waals surface area contributed by atoms with Crippen molar-refractivity contribution in [3.05, 3.63) is 69.7 Å². The zero-order chi connectivity index (χ0) is 26.6. The van der Waals surface area contributed by atoms with Crippen LogP contribution in [0.3, 0.4) is 0 Å². The lowest BCUT2D eigenvalue weighted by Crippen LogP contribution is -2.57. The first-order valence-corrected chi connectivity index (χ1v) is 13.1. The van der Waals surface area contributed by atoms with Crippen molar-refractivity contribution in [1.82, 2.24) is 10.6 Å². The Morgan fingerprint density at radius 2 is 1.11 bits per heavy atom. The van der Waals surface area contributed by atoms with Crippen LogP contribution in [0, 0.1) is 0 Å². The Morgan fingerprint density at radius 3 is 1.50 bits per heavy atom. The molecule has 0 saturated heterocycles. The third-order valence-electron chi connectivity index (χ3n) is 6.99. The van der Waals surface area contributed by atoms with Gasteiger partial charge in [-0.25, -0.2) is 0 Å². The van der Waals surface area contributed by atoms with Gasteiger partial charge < -0.3 is 15.1 Å². The Bertz CT molecular complexity index is 916. The van der Waals surface area contributed by atoms with Crippen molar-refractivity contribution >= 4 is 35.0 Å². The van der Waals surface area contributed by atoms with Gasteiger partial charge in [0.25, 0.3) is 0 Å². The normalized spacial score (nSPS) is 11.8. The standard InChI is InChI=1S/C26H38Cl2N6O2/c1-3-33(4-2,17-21-9-5-7-11-23(21)27)15-13-31-25(35)26(36)32-14-16-34(19-29,20-30)18-22-10-6-8-12-24(22)28/h5-12H,3-4,13-20,29-30H2,1-2H3/p+2. The van der Waals surface area contributed by atoms with E-state index < -0.39 is 11.8 Å². The van der Waals surface area contributed by atoms with Crippen LogP contribution in [0.2, 0.25) is 10.0 Å². The van der Waals surface area contributed by atoms with E-state index in [1.54, 1.807) is 0 Å². The van der Waals surface area contributed by atoms with Gasteiger partial charge in [-0.2, -0.15) is 0 Å². The van der Waals surface area contributed by atoms with E-state index >= 15 is 0 Å². The highest BCUT2D eigenvalue weighted by molar-refractivity contribution is 6.35. The van der Waals surface area contributed by atoms with Gasteiger partial charge in [0.2, 0.25) is 0 Å². The fraction of sp³-hybridized carbons (Fsp3) is 0.462. The largest absolute Gasteiger partial charge is 0.342 e. The second-order valence-electron chi connectivity index (χ2n) is 9.14. The predicted octanol–water partition coefficient (Wildman–Crippen LogP) is 2.43. The van der Waals surface area contributed by atoms with Crippen LogP contribution in [0.15, 0.2) is 48.5 Å². The summed E-state index contributed by atoms with van der Waals surface area (Å²) in [5, 5.41) is 6.84. The summed E-state index contributed by atoms with van der Waals surface area (Å²) in [5.41, 5.74) is 14.1. The van der Waals surface area contributed by atoms with Crippen LogP contribution in [0.5, 0.6) is 0 Å². The molecule has 2 aromatic carbocycles. The van der Waals surface area contributed by atoms with Crippen LogP contribution in [-0.2, 0) is 22.7 Å². The Kier molecular flexibility index (Phi) is 12.1. The first-order chi connectivity index (χ1) is 17.2. The summed E-state index contributed by atoms with van der Waals surface area (Å²) < 4.78 is 1.08. The number of quaternary nitrogens is 2. The van der Waals surface area contributed by atoms with E-state index in [2.05, 4.69) is 24.5 Å². The van der Waals surface area contributed by atoms with Gasteiger partial charge in [0.1, 0.15) is 26.4 Å². The summed E-state index contributed by atoms with van der Waals surface area (Å²) >= 11 is 12.7. The molecule has 36 heavy (non-hydrogen) atoms. The summed E-state index contributed by atoms with van der Waals surface area (Å²) in [6.07, 6.45) is 0. The van der Waals surface area contributed by atoms with E-state index in [0.29, 0.717) is 35.7 Å². The van der Waals surface area contributed by atoms with Crippen molar-refractivity contribution in [2.45, 2.75) is 26.9 Å². The number of hydrogen-bond acceptors (Lipinski definition) is 4. The van der Waals surface area contributed by atoms with Crippen molar-refractivity contribution in [2.24, 2.45) is 11.5 Å². The molecule has 2 amide bonds. The molecule has 0 aliphatic carbocycles. The number of nitrogens with two attached hydrogens (primary N) is 2. The molecule has 0 aliphatic heterocycles. The number of carbonyl (C=O) groups excluding carboxylic acids is 2. The zero-order valence-electron chi connectivity index (χ0n) is 21.3. The number of carbonyl (C=O) groups is 2. The Hall–Kier alpha value is -2.20. The van der Waals surface area contributed by atoms with Gasteiger partial charge in [-0.15, -0.1) is 0 Å². The average molecular weight is 540 g/mol. The van der Waals surface area contributed by atoms with Gasteiger partial charge in [0.15, 0.2) is 0 Å². The van der Waals surface area contributed by atoms with E-state index in [1.807, 2.05) is 48.5 Å². The predicted molar refractivity (Wildman–Crippen MR) is 146 cm³/mol. The van der Waals surface area contributed by atoms with Crippen molar-refractivity contribution in [3.63, 3.8) is 0 Å². The van der Waals surface area contributed by atoms with Crippen molar-refractivity contribution in [3.8, 4) is 0 Å². The van der Waals surface area contributed by atoms with Crippen molar-refractivity contribution < 1.29 is 18.6 Å². The van der Waals surface area contributed by atoms with Crippen LogP contribution < -0.4 is 22.1 Å². The smallest absolute Gasteiger partial charge is 0.309 e. The molecule has 198 valence electrons. The van der Waals surface area contributed by atoms with Gasteiger partial charge in [0, 0.05) is 21.2 Å². The molecule has 0 fully saturated rings. The zero-order valence-corrected chi connectivity index (χ0v) is 22.8. The summed E-state index contributed by atoms with van der Waals surface area (Å²) in [7, 11) is 0. The number of likely N-dealkylation sites (N-methyl/N-ethyl adjacent to an activating group) is 1. The third kappa shape index (κ3) is 8.44. The topological polar surface area (TPSA) is 110 Å². The average Bonchev–Trinajstić information content (AvgIpc) is 2.89. The summed E-state index contributed by atoms with van der Waals surface area (Å²) in [5.74, 6) is -1.32. The maximum absolute atomic E-state index is 12.4. The van der Waals surface area contributed by atoms with E-state index in [9.17, 15) is 9.59 Å². The Morgan fingerprint density at radius 1 is 0.722 bits per heavy atom. The SMILES string of the molecule is CC[N+](CC)(CCNC(=O)C(=O)NCC[N+](CN)(CN)Cc1ccccc1Cl)Cc1ccccc1Cl. The molecule has 0 aromatic heterocycles. The van der Waals surface area contributed by atoms with Gasteiger partial charge >= 0.3 is 11.8 Å². The number of nitrogens with zero attached hydrogens (tertiary/aromatic N) is 2. The van der Waals surface area contributed by atoms with E-state index in [1.165, 1.54) is 0 Å². The van der Waals surface area contributed by atoms with Crippen LogP contribution in [-0.4, -0.2) is 73.4 Å². The molecule has 0 atom stereocenters. The lowest BCUT2D eigenvalue weighted by Gasteiger charge is -2.37. The molecule has 10 heteroatoms. The fourth-order valence-electron chi connectivity index (χ4n) is 4.26. The number of hydrogen-bond donors (Lipinski definition) is 4. The lowest BCUT2D eigenvalue weighted by atomic mass is 10.1. The molecule has 0 unspecified atom stereocenters. The number of amides is 2. The monoisotopic (exact) mass is 538 g/mol. The molecule has 0 aliphatic rings. The molecule has 2 aromatic rings. The first kappa shape index (κ1) is 30.0. The highest BCUT2D eigenvalue weighted by atomic mass is 35.5. The molecule has 8 nitrogen and oxygen atoms in total. The maximum Gasteiger partial charge on any atom is 0.309 e. The lowest BCUT2D eigenvalue weighted by molar-refractivity contribution is -0.939. The minimum atomic E-state index is -0.669. The molecular weight excluding hydrogens is 499 g/mol. The molecular formula is C26H40Cl2N6O2+2. The quantitative estimate of drug-likeness (QED) is 0.168. The molecule has 2 rings (SSSR count). The van der Waals surface area contributed by atoms with Gasteiger partial charge in [-0.1, -0.05) is 59.6 Å².